The molecule has 154 valence electrons. The minimum Gasteiger partial charge on any atom is -0.315 e. The fraction of sp³-hybridized carbons (Fsp3) is 0.200. The van der Waals surface area contributed by atoms with E-state index in [2.05, 4.69) is 26.3 Å². The first-order chi connectivity index (χ1) is 15.0. The lowest BCUT2D eigenvalue weighted by Gasteiger charge is -2.30. The normalized spacial score (nSPS) is 14.7. The van der Waals surface area contributed by atoms with Gasteiger partial charge in [-0.05, 0) is 12.1 Å². The van der Waals surface area contributed by atoms with Crippen LogP contribution in [0.25, 0.3) is 11.3 Å². The minimum absolute atomic E-state index is 0.0615. The first-order valence-corrected chi connectivity index (χ1v) is 10.3. The molecule has 2 aliphatic rings. The highest BCUT2D eigenvalue weighted by molar-refractivity contribution is 7.14. The van der Waals surface area contributed by atoms with Crippen LogP contribution >= 0.6 is 11.3 Å². The molecule has 0 spiro atoms. The number of hydrogen-bond acceptors (Lipinski definition) is 8. The molecule has 0 unspecified atom stereocenters. The Bertz CT molecular complexity index is 1270. The van der Waals surface area contributed by atoms with Crippen molar-refractivity contribution in [2.24, 2.45) is 4.99 Å². The molecular weight excluding hydrogens is 416 g/mol. The van der Waals surface area contributed by atoms with Gasteiger partial charge in [0.25, 0.3) is 5.91 Å². The van der Waals surface area contributed by atoms with E-state index in [4.69, 9.17) is 5.26 Å². The van der Waals surface area contributed by atoms with Crippen molar-refractivity contribution in [2.45, 2.75) is 6.54 Å². The zero-order valence-corrected chi connectivity index (χ0v) is 17.3. The molecule has 5 rings (SSSR count). The number of carbonyl (C=O) groups is 2. The standard InChI is InChI=1S/C20H16N8O2S/c1-26-18(30)16-17(28-7-6-22-20(26)28)23-11-27(16)9-15(29)25-19-24-14(10-31-19)13-4-2-12(8-21)3-5-13/h2-5,10-11H,6-7,9H2,1H3,(H,24,25,29). The van der Waals surface area contributed by atoms with Crippen LogP contribution in [0.5, 0.6) is 0 Å². The third-order valence-corrected chi connectivity index (χ3v) is 5.83. The molecule has 10 nitrogen and oxygen atoms in total. The number of amides is 2. The highest BCUT2D eigenvalue weighted by atomic mass is 32.1. The number of benzene rings is 1. The Hall–Kier alpha value is -4.04. The summed E-state index contributed by atoms with van der Waals surface area (Å²) >= 11 is 1.31. The van der Waals surface area contributed by atoms with Crippen LogP contribution in [0.2, 0.25) is 0 Å². The largest absolute Gasteiger partial charge is 0.315 e. The number of fused-ring (bicyclic) bond motifs is 3. The zero-order valence-electron chi connectivity index (χ0n) is 16.4. The first kappa shape index (κ1) is 19.0. The van der Waals surface area contributed by atoms with Crippen molar-refractivity contribution in [3.8, 4) is 17.3 Å². The van der Waals surface area contributed by atoms with Crippen LogP contribution in [0.4, 0.5) is 10.9 Å². The molecule has 0 atom stereocenters. The third-order valence-electron chi connectivity index (χ3n) is 5.07. The Labute approximate surface area is 181 Å². The lowest BCUT2D eigenvalue weighted by molar-refractivity contribution is -0.116. The summed E-state index contributed by atoms with van der Waals surface area (Å²) in [5.74, 6) is 0.571. The lowest BCUT2D eigenvalue weighted by Crippen LogP contribution is -2.48. The molecule has 0 radical (unpaired) electrons. The quantitative estimate of drug-likeness (QED) is 0.671. The molecule has 2 amide bonds. The maximum absolute atomic E-state index is 12.8. The molecule has 0 saturated heterocycles. The predicted molar refractivity (Wildman–Crippen MR) is 115 cm³/mol. The minimum atomic E-state index is -0.308. The maximum atomic E-state index is 12.8. The molecule has 0 saturated carbocycles. The zero-order chi connectivity index (χ0) is 21.5. The molecule has 3 aromatic rings. The van der Waals surface area contributed by atoms with Crippen LogP contribution in [0.3, 0.4) is 0 Å². The number of nitriles is 1. The maximum Gasteiger partial charge on any atom is 0.280 e. The summed E-state index contributed by atoms with van der Waals surface area (Å²) in [5, 5.41) is 14.0. The van der Waals surface area contributed by atoms with E-state index in [0.29, 0.717) is 46.9 Å². The summed E-state index contributed by atoms with van der Waals surface area (Å²) in [6.07, 6.45) is 1.50. The summed E-state index contributed by atoms with van der Waals surface area (Å²) < 4.78 is 1.55. The van der Waals surface area contributed by atoms with E-state index >= 15 is 0 Å². The van der Waals surface area contributed by atoms with Gasteiger partial charge in [-0.1, -0.05) is 12.1 Å². The number of nitrogens with zero attached hydrogens (tertiary/aromatic N) is 7. The Kier molecular flexibility index (Phi) is 4.48. The van der Waals surface area contributed by atoms with Gasteiger partial charge in [0.2, 0.25) is 11.9 Å². The molecule has 2 aliphatic heterocycles. The SMILES string of the molecule is CN1C(=O)c2c(ncn2CC(=O)Nc2nc(-c3ccc(C#N)cc3)cs2)N2CCN=C12. The van der Waals surface area contributed by atoms with Crippen LogP contribution < -0.4 is 10.2 Å². The van der Waals surface area contributed by atoms with Gasteiger partial charge in [-0.25, -0.2) is 9.97 Å². The number of aromatic nitrogens is 3. The molecule has 2 aromatic heterocycles. The Morgan fingerprint density at radius 3 is 2.90 bits per heavy atom. The summed E-state index contributed by atoms with van der Waals surface area (Å²) in [7, 11) is 1.67. The van der Waals surface area contributed by atoms with Gasteiger partial charge in [0.15, 0.2) is 16.6 Å². The number of anilines is 2. The second kappa shape index (κ2) is 7.33. The van der Waals surface area contributed by atoms with Gasteiger partial charge in [0.05, 0.1) is 30.2 Å². The smallest absolute Gasteiger partial charge is 0.280 e. The lowest BCUT2D eigenvalue weighted by atomic mass is 10.1. The number of aliphatic imine (C=N–C) groups is 1. The van der Waals surface area contributed by atoms with Crippen molar-refractivity contribution >= 4 is 40.1 Å². The predicted octanol–water partition coefficient (Wildman–Crippen LogP) is 1.78. The number of carbonyl (C=O) groups excluding carboxylic acids is 2. The van der Waals surface area contributed by atoms with Crippen molar-refractivity contribution in [3.63, 3.8) is 0 Å². The number of guanidine groups is 1. The number of nitrogens with one attached hydrogen (secondary N) is 1. The molecular formula is C20H16N8O2S. The average Bonchev–Trinajstić information content (AvgIpc) is 3.52. The van der Waals surface area contributed by atoms with Gasteiger partial charge in [0.1, 0.15) is 6.54 Å². The summed E-state index contributed by atoms with van der Waals surface area (Å²) in [6, 6.07) is 9.15. The molecule has 0 aliphatic carbocycles. The second-order valence-corrected chi connectivity index (χ2v) is 7.88. The summed E-state index contributed by atoms with van der Waals surface area (Å²) in [5.41, 5.74) is 2.51. The number of hydrogen-bond donors (Lipinski definition) is 1. The van der Waals surface area contributed by atoms with E-state index in [-0.39, 0.29) is 18.4 Å². The Balaban J connectivity index is 1.31. The monoisotopic (exact) mass is 432 g/mol. The molecule has 1 aromatic carbocycles. The molecule has 31 heavy (non-hydrogen) atoms. The summed E-state index contributed by atoms with van der Waals surface area (Å²) in [4.78, 5) is 41.9. The number of thiazole rings is 1. The van der Waals surface area contributed by atoms with E-state index in [1.807, 2.05) is 22.4 Å². The second-order valence-electron chi connectivity index (χ2n) is 7.02. The third kappa shape index (κ3) is 3.23. The van der Waals surface area contributed by atoms with E-state index < -0.39 is 0 Å². The molecule has 0 bridgehead atoms. The molecule has 1 N–H and O–H groups in total. The molecule has 4 heterocycles. The first-order valence-electron chi connectivity index (χ1n) is 9.46. The van der Waals surface area contributed by atoms with Crippen molar-refractivity contribution in [1.82, 2.24) is 19.4 Å². The van der Waals surface area contributed by atoms with E-state index in [1.54, 1.807) is 23.7 Å². The van der Waals surface area contributed by atoms with Gasteiger partial charge < -0.3 is 9.88 Å². The van der Waals surface area contributed by atoms with E-state index in [0.717, 1.165) is 5.56 Å². The van der Waals surface area contributed by atoms with Gasteiger partial charge >= 0.3 is 0 Å². The Morgan fingerprint density at radius 2 is 2.13 bits per heavy atom. The van der Waals surface area contributed by atoms with Crippen LogP contribution in [0, 0.1) is 11.3 Å². The molecule has 11 heteroatoms. The fourth-order valence-electron chi connectivity index (χ4n) is 3.57. The van der Waals surface area contributed by atoms with E-state index in [1.165, 1.54) is 22.6 Å². The van der Waals surface area contributed by atoms with E-state index in [9.17, 15) is 9.59 Å². The molecule has 0 fully saturated rings. The fourth-order valence-corrected chi connectivity index (χ4v) is 4.31. The van der Waals surface area contributed by atoms with Crippen molar-refractivity contribution < 1.29 is 9.59 Å². The summed E-state index contributed by atoms with van der Waals surface area (Å²) in [6.45, 7) is 1.19. The highest BCUT2D eigenvalue weighted by Gasteiger charge is 2.38. The van der Waals surface area contributed by atoms with Gasteiger partial charge in [-0.3, -0.25) is 24.4 Å². The Morgan fingerprint density at radius 1 is 1.32 bits per heavy atom. The van der Waals surface area contributed by atoms with Crippen molar-refractivity contribution in [1.29, 1.82) is 5.26 Å². The van der Waals surface area contributed by atoms with Crippen molar-refractivity contribution in [2.75, 3.05) is 30.4 Å². The van der Waals surface area contributed by atoms with Crippen LogP contribution in [0.15, 0.2) is 41.0 Å². The number of imidazole rings is 1. The van der Waals surface area contributed by atoms with Crippen molar-refractivity contribution in [3.05, 3.63) is 47.2 Å². The average molecular weight is 432 g/mol. The van der Waals surface area contributed by atoms with Crippen LogP contribution in [-0.2, 0) is 11.3 Å². The van der Waals surface area contributed by atoms with Crippen LogP contribution in [0.1, 0.15) is 16.1 Å². The number of rotatable bonds is 4. The van der Waals surface area contributed by atoms with Gasteiger partial charge in [0, 0.05) is 24.5 Å². The highest BCUT2D eigenvalue weighted by Crippen LogP contribution is 2.29. The van der Waals surface area contributed by atoms with Gasteiger partial charge in [-0.2, -0.15) is 5.26 Å². The van der Waals surface area contributed by atoms with Gasteiger partial charge in [-0.15, -0.1) is 11.3 Å². The van der Waals surface area contributed by atoms with Crippen LogP contribution in [-0.4, -0.2) is 57.3 Å². The topological polar surface area (TPSA) is 120 Å².